The summed E-state index contributed by atoms with van der Waals surface area (Å²) in [5.74, 6) is 0.426. The van der Waals surface area contributed by atoms with Gasteiger partial charge < -0.3 is 25.0 Å². The maximum absolute atomic E-state index is 10.5. The highest BCUT2D eigenvalue weighted by Gasteiger charge is 2.42. The van der Waals surface area contributed by atoms with Crippen molar-refractivity contribution >= 4 is 23.0 Å². The van der Waals surface area contributed by atoms with E-state index in [1.807, 2.05) is 55.5 Å². The molecule has 2 aromatic carbocycles. The fourth-order valence-corrected chi connectivity index (χ4v) is 5.02. The van der Waals surface area contributed by atoms with Crippen LogP contribution in [0.3, 0.4) is 0 Å². The fourth-order valence-electron chi connectivity index (χ4n) is 4.67. The summed E-state index contributed by atoms with van der Waals surface area (Å²) in [7, 11) is 0. The van der Waals surface area contributed by atoms with Crippen LogP contribution in [-0.2, 0) is 0 Å². The first-order valence-corrected chi connectivity index (χ1v) is 11.1. The summed E-state index contributed by atoms with van der Waals surface area (Å²) in [6.07, 6.45) is 1.78. The summed E-state index contributed by atoms with van der Waals surface area (Å²) >= 11 is 5.78. The van der Waals surface area contributed by atoms with Crippen LogP contribution >= 0.6 is 12.2 Å². The predicted molar refractivity (Wildman–Crippen MR) is 133 cm³/mol. The van der Waals surface area contributed by atoms with E-state index in [-0.39, 0.29) is 23.6 Å². The number of hydrogen-bond donors (Lipinski definition) is 3. The van der Waals surface area contributed by atoms with Crippen molar-refractivity contribution in [2.24, 2.45) is 0 Å². The molecule has 166 valence electrons. The van der Waals surface area contributed by atoms with E-state index < -0.39 is 0 Å². The van der Waals surface area contributed by atoms with E-state index >= 15 is 0 Å². The number of thiocarbonyl (C=S) groups is 1. The second-order valence-corrected chi connectivity index (χ2v) is 8.55. The minimum atomic E-state index is -0.178. The fraction of sp³-hybridized carbons (Fsp3) is 0.154. The SMILES string of the molecule is Cc1cc([C@H]2[C@H](c3ccccn3)NC(=S)N2c2ccc(O)cc2)c(C)n1-c1ccccc1O. The van der Waals surface area contributed by atoms with Gasteiger partial charge in [0.15, 0.2) is 5.11 Å². The molecule has 3 N–H and O–H groups in total. The number of phenols is 2. The summed E-state index contributed by atoms with van der Waals surface area (Å²) in [6, 6.07) is 22.0. The van der Waals surface area contributed by atoms with Gasteiger partial charge in [-0.3, -0.25) is 4.98 Å². The largest absolute Gasteiger partial charge is 0.508 e. The van der Waals surface area contributed by atoms with Crippen LogP contribution in [0.5, 0.6) is 11.5 Å². The predicted octanol–water partition coefficient (Wildman–Crippen LogP) is 5.08. The molecule has 33 heavy (non-hydrogen) atoms. The first-order valence-electron chi connectivity index (χ1n) is 10.7. The first kappa shape index (κ1) is 21.0. The number of benzene rings is 2. The molecule has 0 aliphatic carbocycles. The van der Waals surface area contributed by atoms with Crippen molar-refractivity contribution in [2.45, 2.75) is 25.9 Å². The Kier molecular flexibility index (Phi) is 5.26. The number of rotatable bonds is 4. The van der Waals surface area contributed by atoms with Crippen molar-refractivity contribution in [1.82, 2.24) is 14.9 Å². The van der Waals surface area contributed by atoms with Crippen LogP contribution in [-0.4, -0.2) is 24.9 Å². The molecule has 1 saturated heterocycles. The highest BCUT2D eigenvalue weighted by atomic mass is 32.1. The van der Waals surface area contributed by atoms with Gasteiger partial charge in [-0.1, -0.05) is 18.2 Å². The minimum Gasteiger partial charge on any atom is -0.508 e. The molecule has 1 aliphatic heterocycles. The van der Waals surface area contributed by atoms with E-state index in [0.29, 0.717) is 5.11 Å². The molecule has 6 nitrogen and oxygen atoms in total. The Hall–Kier alpha value is -3.84. The average molecular weight is 457 g/mol. The quantitative estimate of drug-likeness (QED) is 0.372. The van der Waals surface area contributed by atoms with Crippen molar-refractivity contribution in [3.05, 3.63) is 102 Å². The zero-order chi connectivity index (χ0) is 23.1. The molecule has 3 heterocycles. The van der Waals surface area contributed by atoms with Gasteiger partial charge in [0.2, 0.25) is 0 Å². The topological polar surface area (TPSA) is 73.5 Å². The molecule has 0 bridgehead atoms. The highest BCUT2D eigenvalue weighted by molar-refractivity contribution is 7.80. The van der Waals surface area contributed by atoms with E-state index in [1.54, 1.807) is 24.4 Å². The van der Waals surface area contributed by atoms with Crippen molar-refractivity contribution in [3.63, 3.8) is 0 Å². The highest BCUT2D eigenvalue weighted by Crippen LogP contribution is 2.44. The van der Waals surface area contributed by atoms with Crippen molar-refractivity contribution in [1.29, 1.82) is 0 Å². The zero-order valence-corrected chi connectivity index (χ0v) is 19.1. The average Bonchev–Trinajstić information content (AvgIpc) is 3.31. The Bertz CT molecular complexity index is 1320. The molecule has 0 amide bonds. The molecule has 5 rings (SSSR count). The van der Waals surface area contributed by atoms with Gasteiger partial charge in [0, 0.05) is 23.3 Å². The lowest BCUT2D eigenvalue weighted by Gasteiger charge is -2.28. The monoisotopic (exact) mass is 456 g/mol. The molecule has 0 radical (unpaired) electrons. The number of para-hydroxylation sites is 2. The number of anilines is 1. The number of phenolic OH excluding ortho intramolecular Hbond substituents is 2. The van der Waals surface area contributed by atoms with E-state index in [9.17, 15) is 10.2 Å². The molecule has 0 saturated carbocycles. The Labute approximate surface area is 197 Å². The van der Waals surface area contributed by atoms with Gasteiger partial charge in [-0.25, -0.2) is 0 Å². The van der Waals surface area contributed by atoms with Crippen molar-refractivity contribution in [2.75, 3.05) is 4.90 Å². The van der Waals surface area contributed by atoms with Crippen molar-refractivity contribution < 1.29 is 10.2 Å². The van der Waals surface area contributed by atoms with Gasteiger partial charge in [-0.15, -0.1) is 0 Å². The van der Waals surface area contributed by atoms with Crippen molar-refractivity contribution in [3.8, 4) is 17.2 Å². The van der Waals surface area contributed by atoms with Crippen LogP contribution in [0.15, 0.2) is 79.0 Å². The van der Waals surface area contributed by atoms with E-state index in [1.165, 1.54) is 0 Å². The molecule has 0 unspecified atom stereocenters. The molecular weight excluding hydrogens is 432 g/mol. The molecule has 1 aliphatic rings. The number of hydrogen-bond acceptors (Lipinski definition) is 4. The summed E-state index contributed by atoms with van der Waals surface area (Å²) in [5.41, 5.74) is 5.59. The van der Waals surface area contributed by atoms with Gasteiger partial charge in [0.1, 0.15) is 11.5 Å². The smallest absolute Gasteiger partial charge is 0.174 e. The molecule has 0 spiro atoms. The summed E-state index contributed by atoms with van der Waals surface area (Å²) < 4.78 is 2.07. The maximum atomic E-state index is 10.5. The van der Waals surface area contributed by atoms with Crippen LogP contribution in [0.25, 0.3) is 5.69 Å². The summed E-state index contributed by atoms with van der Waals surface area (Å²) in [4.78, 5) is 6.68. The third-order valence-corrected chi connectivity index (χ3v) is 6.45. The second-order valence-electron chi connectivity index (χ2n) is 8.16. The third kappa shape index (κ3) is 3.60. The van der Waals surface area contributed by atoms with E-state index in [0.717, 1.165) is 34.0 Å². The van der Waals surface area contributed by atoms with Crippen LogP contribution < -0.4 is 10.2 Å². The number of aromatic nitrogens is 2. The summed E-state index contributed by atoms with van der Waals surface area (Å²) in [6.45, 7) is 4.09. The molecular formula is C26H24N4O2S. The number of nitrogens with zero attached hydrogens (tertiary/aromatic N) is 3. The Morgan fingerprint density at radius 2 is 1.67 bits per heavy atom. The van der Waals surface area contributed by atoms with Crippen LogP contribution in [0.2, 0.25) is 0 Å². The lowest BCUT2D eigenvalue weighted by molar-refractivity contribution is 0.471. The number of pyridine rings is 1. The van der Waals surface area contributed by atoms with Crippen LogP contribution in [0, 0.1) is 13.8 Å². The van der Waals surface area contributed by atoms with Gasteiger partial charge in [0.05, 0.1) is 23.5 Å². The summed E-state index contributed by atoms with van der Waals surface area (Å²) in [5, 5.41) is 24.4. The van der Waals surface area contributed by atoms with Gasteiger partial charge >= 0.3 is 0 Å². The Balaban J connectivity index is 1.69. The Morgan fingerprint density at radius 3 is 2.36 bits per heavy atom. The lowest BCUT2D eigenvalue weighted by Crippen LogP contribution is -2.29. The van der Waals surface area contributed by atoms with E-state index in [4.69, 9.17) is 12.2 Å². The number of aryl methyl sites for hydroxylation is 1. The molecule has 2 atom stereocenters. The first-order chi connectivity index (χ1) is 16.0. The molecule has 1 fully saturated rings. The van der Waals surface area contributed by atoms with Crippen LogP contribution in [0.4, 0.5) is 5.69 Å². The molecule has 7 heteroatoms. The number of aromatic hydroxyl groups is 2. The maximum Gasteiger partial charge on any atom is 0.174 e. The molecule has 4 aromatic rings. The molecule has 2 aromatic heterocycles. The van der Waals surface area contributed by atoms with Crippen LogP contribution in [0.1, 0.15) is 34.7 Å². The second kappa shape index (κ2) is 8.26. The van der Waals surface area contributed by atoms with E-state index in [2.05, 4.69) is 32.8 Å². The minimum absolute atomic E-state index is 0.175. The lowest BCUT2D eigenvalue weighted by atomic mass is 9.96. The van der Waals surface area contributed by atoms with Gasteiger partial charge in [-0.2, -0.15) is 0 Å². The number of nitrogens with one attached hydrogen (secondary N) is 1. The van der Waals surface area contributed by atoms with Gasteiger partial charge in [0.25, 0.3) is 0 Å². The van der Waals surface area contributed by atoms with Gasteiger partial charge in [-0.05, 0) is 86.2 Å². The standard InChI is InChI=1S/C26H24N4O2S/c1-16-15-20(17(2)29(16)22-8-3-4-9-23(22)32)25-24(21-7-5-6-14-27-21)28-26(33)30(25)18-10-12-19(31)13-11-18/h3-15,24-25,31-32H,1-2H3,(H,28,33)/t24-,25-/m0/s1. The third-order valence-electron chi connectivity index (χ3n) is 6.14. The Morgan fingerprint density at radius 1 is 0.939 bits per heavy atom. The normalized spacial score (nSPS) is 17.9. The zero-order valence-electron chi connectivity index (χ0n) is 18.3.